The summed E-state index contributed by atoms with van der Waals surface area (Å²) in [6, 6.07) is 5.67. The van der Waals surface area contributed by atoms with E-state index in [-0.39, 0.29) is 23.9 Å². The number of anilines is 1. The summed E-state index contributed by atoms with van der Waals surface area (Å²) in [5, 5.41) is 7.28. The highest BCUT2D eigenvalue weighted by molar-refractivity contribution is 7.08. The Morgan fingerprint density at radius 1 is 1.32 bits per heavy atom. The van der Waals surface area contributed by atoms with Crippen LogP contribution in [0.15, 0.2) is 18.2 Å². The lowest BCUT2D eigenvalue weighted by molar-refractivity contribution is -0.132. The van der Waals surface area contributed by atoms with E-state index in [2.05, 4.69) is 14.9 Å². The van der Waals surface area contributed by atoms with Gasteiger partial charge in [-0.1, -0.05) is 16.1 Å². The van der Waals surface area contributed by atoms with Gasteiger partial charge in [-0.15, -0.1) is 5.10 Å². The van der Waals surface area contributed by atoms with Crippen molar-refractivity contribution in [3.8, 4) is 0 Å². The fraction of sp³-hybridized carbons (Fsp3) is 0.474. The Hall–Kier alpha value is -2.03. The van der Waals surface area contributed by atoms with Crippen molar-refractivity contribution in [2.24, 2.45) is 5.73 Å². The number of nitrogens with two attached hydrogens (primary N) is 1. The number of hydrogen-bond donors (Lipinski definition) is 2. The summed E-state index contributed by atoms with van der Waals surface area (Å²) >= 11 is 7.44. The number of aryl methyl sites for hydroxylation is 1. The number of carbonyl (C=O) groups is 2. The number of halogens is 1. The smallest absolute Gasteiger partial charge is 0.269 e. The van der Waals surface area contributed by atoms with Crippen molar-refractivity contribution in [2.75, 3.05) is 5.32 Å². The van der Waals surface area contributed by atoms with Crippen molar-refractivity contribution in [2.45, 2.75) is 58.2 Å². The Bertz CT molecular complexity index is 864. The summed E-state index contributed by atoms with van der Waals surface area (Å²) in [5.74, 6) is -0.247. The molecule has 0 unspecified atom stereocenters. The molecule has 1 aliphatic carbocycles. The van der Waals surface area contributed by atoms with Gasteiger partial charge in [-0.05, 0) is 67.9 Å². The second-order valence-corrected chi connectivity index (χ2v) is 8.32. The molecule has 1 fully saturated rings. The van der Waals surface area contributed by atoms with Crippen LogP contribution in [0.5, 0.6) is 0 Å². The van der Waals surface area contributed by atoms with E-state index in [9.17, 15) is 9.59 Å². The number of amides is 2. The maximum absolute atomic E-state index is 12.4. The average Bonchev–Trinajstić information content (AvgIpc) is 3.09. The second kappa shape index (κ2) is 8.98. The molecule has 1 heterocycles. The third-order valence-corrected chi connectivity index (χ3v) is 6.28. The topological polar surface area (TPSA) is 101 Å². The molecule has 3 N–H and O–H groups in total. The van der Waals surface area contributed by atoms with Gasteiger partial charge in [0, 0.05) is 36.3 Å². The van der Waals surface area contributed by atoms with Crippen LogP contribution in [0.4, 0.5) is 5.69 Å². The maximum atomic E-state index is 12.4. The third-order valence-electron chi connectivity index (χ3n) is 5.09. The number of hydrogen-bond acceptors (Lipinski definition) is 6. The van der Waals surface area contributed by atoms with Crippen LogP contribution in [-0.2, 0) is 11.3 Å². The van der Waals surface area contributed by atoms with Gasteiger partial charge in [0.2, 0.25) is 5.91 Å². The first-order valence-corrected chi connectivity index (χ1v) is 10.4. The molecule has 7 nitrogen and oxygen atoms in total. The summed E-state index contributed by atoms with van der Waals surface area (Å²) in [6.07, 6.45) is 3.62. The zero-order valence-corrected chi connectivity index (χ0v) is 17.5. The average molecular weight is 422 g/mol. The minimum atomic E-state index is -0.259. The number of nitrogens with zero attached hydrogens (tertiary/aromatic N) is 3. The van der Waals surface area contributed by atoms with Gasteiger partial charge < -0.3 is 16.0 Å². The van der Waals surface area contributed by atoms with Gasteiger partial charge in [-0.3, -0.25) is 9.59 Å². The van der Waals surface area contributed by atoms with Gasteiger partial charge in [0.25, 0.3) is 5.91 Å². The van der Waals surface area contributed by atoms with Crippen LogP contribution in [0.3, 0.4) is 0 Å². The lowest BCUT2D eigenvalue weighted by Crippen LogP contribution is -2.42. The van der Waals surface area contributed by atoms with Gasteiger partial charge in [0.05, 0.1) is 5.69 Å². The van der Waals surface area contributed by atoms with E-state index < -0.39 is 0 Å². The molecule has 0 atom stereocenters. The molecule has 1 aromatic carbocycles. The highest BCUT2D eigenvalue weighted by atomic mass is 35.5. The van der Waals surface area contributed by atoms with E-state index in [0.717, 1.165) is 42.8 Å². The molecule has 1 saturated carbocycles. The molecule has 1 aliphatic rings. The van der Waals surface area contributed by atoms with E-state index in [1.54, 1.807) is 26.0 Å². The highest BCUT2D eigenvalue weighted by Gasteiger charge is 2.26. The van der Waals surface area contributed by atoms with Crippen molar-refractivity contribution in [1.82, 2.24) is 14.5 Å². The lowest BCUT2D eigenvalue weighted by atomic mass is 9.90. The predicted molar refractivity (Wildman–Crippen MR) is 111 cm³/mol. The van der Waals surface area contributed by atoms with Gasteiger partial charge in [-0.25, -0.2) is 0 Å². The zero-order chi connectivity index (χ0) is 20.3. The largest absolute Gasteiger partial charge is 0.336 e. The van der Waals surface area contributed by atoms with Crippen molar-refractivity contribution in [3.05, 3.63) is 39.4 Å². The van der Waals surface area contributed by atoms with Gasteiger partial charge in [0.15, 0.2) is 0 Å². The number of carbonyl (C=O) groups excluding carboxylic acids is 2. The summed E-state index contributed by atoms with van der Waals surface area (Å²) < 4.78 is 3.79. The maximum Gasteiger partial charge on any atom is 0.269 e. The van der Waals surface area contributed by atoms with Crippen molar-refractivity contribution < 1.29 is 9.59 Å². The Morgan fingerprint density at radius 3 is 2.64 bits per heavy atom. The van der Waals surface area contributed by atoms with E-state index in [1.165, 1.54) is 0 Å². The molecule has 0 aliphatic heterocycles. The lowest BCUT2D eigenvalue weighted by Gasteiger charge is -2.35. The quantitative estimate of drug-likeness (QED) is 0.770. The number of benzene rings is 1. The molecule has 2 aromatic rings. The van der Waals surface area contributed by atoms with E-state index in [1.807, 2.05) is 11.0 Å². The van der Waals surface area contributed by atoms with E-state index >= 15 is 0 Å². The van der Waals surface area contributed by atoms with Gasteiger partial charge in [0.1, 0.15) is 4.88 Å². The standard InChI is InChI=1S/C19H24ClN5O2S/c1-11-18(28-24-23-11)19(27)22-15-5-8-17(20)13(9-15)10-25(12(2)26)16-6-3-14(21)4-7-16/h5,8-9,14,16H,3-4,6-7,10,21H2,1-2H3,(H,22,27). The summed E-state index contributed by atoms with van der Waals surface area (Å²) in [5.41, 5.74) is 8.00. The number of aromatic nitrogens is 2. The molecule has 9 heteroatoms. The minimum Gasteiger partial charge on any atom is -0.336 e. The van der Waals surface area contributed by atoms with Crippen LogP contribution >= 0.6 is 23.1 Å². The SMILES string of the molecule is CC(=O)N(Cc1cc(NC(=O)c2snnc2C)ccc1Cl)C1CCC(N)CC1. The first-order valence-electron chi connectivity index (χ1n) is 9.26. The summed E-state index contributed by atoms with van der Waals surface area (Å²) in [7, 11) is 0. The molecular formula is C19H24ClN5O2S. The van der Waals surface area contributed by atoms with E-state index in [0.29, 0.717) is 27.8 Å². The Balaban J connectivity index is 1.75. The molecule has 3 rings (SSSR count). The molecular weight excluding hydrogens is 398 g/mol. The number of rotatable bonds is 5. The van der Waals surface area contributed by atoms with Gasteiger partial charge in [-0.2, -0.15) is 0 Å². The molecule has 150 valence electrons. The molecule has 1 aromatic heterocycles. The Morgan fingerprint density at radius 2 is 2.04 bits per heavy atom. The van der Waals surface area contributed by atoms with Crippen LogP contribution in [0.2, 0.25) is 5.02 Å². The first-order chi connectivity index (χ1) is 13.3. The third kappa shape index (κ3) is 4.87. The first kappa shape index (κ1) is 20.7. The second-order valence-electron chi connectivity index (χ2n) is 7.16. The van der Waals surface area contributed by atoms with E-state index in [4.69, 9.17) is 17.3 Å². The molecule has 0 spiro atoms. The van der Waals surface area contributed by atoms with Crippen LogP contribution in [-0.4, -0.2) is 38.4 Å². The van der Waals surface area contributed by atoms with Crippen LogP contribution in [0.1, 0.15) is 53.5 Å². The molecule has 0 radical (unpaired) electrons. The van der Waals surface area contributed by atoms with Crippen LogP contribution in [0, 0.1) is 6.92 Å². The minimum absolute atomic E-state index is 0.0114. The fourth-order valence-corrected chi connectivity index (χ4v) is 4.22. The molecule has 2 amide bonds. The fourth-order valence-electron chi connectivity index (χ4n) is 3.50. The van der Waals surface area contributed by atoms with Crippen molar-refractivity contribution in [1.29, 1.82) is 0 Å². The Kier molecular flexibility index (Phi) is 6.64. The molecule has 28 heavy (non-hydrogen) atoms. The molecule has 0 bridgehead atoms. The number of nitrogens with one attached hydrogen (secondary N) is 1. The highest BCUT2D eigenvalue weighted by Crippen LogP contribution is 2.28. The monoisotopic (exact) mass is 421 g/mol. The normalized spacial score (nSPS) is 19.3. The summed E-state index contributed by atoms with van der Waals surface area (Å²) in [4.78, 5) is 27.0. The zero-order valence-electron chi connectivity index (χ0n) is 15.9. The predicted octanol–water partition coefficient (Wildman–Crippen LogP) is 3.37. The van der Waals surface area contributed by atoms with Crippen LogP contribution in [0.25, 0.3) is 0 Å². The summed E-state index contributed by atoms with van der Waals surface area (Å²) in [6.45, 7) is 3.72. The van der Waals surface area contributed by atoms with Crippen molar-refractivity contribution in [3.63, 3.8) is 0 Å². The molecule has 0 saturated heterocycles. The van der Waals surface area contributed by atoms with Crippen molar-refractivity contribution >= 4 is 40.6 Å². The Labute approximate surface area is 173 Å². The van der Waals surface area contributed by atoms with Gasteiger partial charge >= 0.3 is 0 Å². The van der Waals surface area contributed by atoms with Crippen LogP contribution < -0.4 is 11.1 Å².